The van der Waals surface area contributed by atoms with E-state index in [1.807, 2.05) is 12.3 Å². The average Bonchev–Trinajstić information content (AvgIpc) is 2.76. The Morgan fingerprint density at radius 2 is 2.36 bits per heavy atom. The van der Waals surface area contributed by atoms with Crippen LogP contribution in [0.25, 0.3) is 0 Å². The Bertz CT molecular complexity index is 424. The Balaban J connectivity index is 2.10. The van der Waals surface area contributed by atoms with Gasteiger partial charge in [-0.25, -0.2) is 4.98 Å². The number of hydrogen-bond acceptors (Lipinski definition) is 6. The van der Waals surface area contributed by atoms with Gasteiger partial charge in [0.2, 0.25) is 0 Å². The van der Waals surface area contributed by atoms with Gasteiger partial charge in [0.05, 0.1) is 17.1 Å². The highest BCUT2D eigenvalue weighted by molar-refractivity contribution is 7.09. The summed E-state index contributed by atoms with van der Waals surface area (Å²) in [5.74, 6) is 0.798. The molecule has 0 fully saturated rings. The van der Waals surface area contributed by atoms with Crippen LogP contribution >= 0.6 is 11.3 Å². The molecule has 74 valence electrons. The molecule has 0 atom stereocenters. The molecule has 0 spiro atoms. The third-order valence-electron chi connectivity index (χ3n) is 1.65. The van der Waals surface area contributed by atoms with Gasteiger partial charge >= 0.3 is 0 Å². The summed E-state index contributed by atoms with van der Waals surface area (Å²) in [5.41, 5.74) is 0.929. The number of nitrogens with zero attached hydrogens (tertiary/aromatic N) is 3. The lowest BCUT2D eigenvalue weighted by Gasteiger charge is -1.86. The molecule has 0 aliphatic heterocycles. The Hall–Kier alpha value is -1.27. The molecule has 0 bridgehead atoms. The summed E-state index contributed by atoms with van der Waals surface area (Å²) < 4.78 is 4.76. The maximum Gasteiger partial charge on any atom is 0.252 e. The van der Waals surface area contributed by atoms with Gasteiger partial charge in [0.25, 0.3) is 5.89 Å². The zero-order valence-electron chi connectivity index (χ0n) is 7.60. The summed E-state index contributed by atoms with van der Waals surface area (Å²) in [4.78, 5) is 8.25. The van der Waals surface area contributed by atoms with E-state index in [-0.39, 0.29) is 12.5 Å². The van der Waals surface area contributed by atoms with Gasteiger partial charge in [-0.1, -0.05) is 5.16 Å². The van der Waals surface area contributed by atoms with Crippen molar-refractivity contribution in [3.8, 4) is 0 Å². The lowest BCUT2D eigenvalue weighted by molar-refractivity contribution is 0.222. The van der Waals surface area contributed by atoms with Crippen molar-refractivity contribution >= 4 is 11.3 Å². The van der Waals surface area contributed by atoms with E-state index >= 15 is 0 Å². The summed E-state index contributed by atoms with van der Waals surface area (Å²) >= 11 is 1.59. The van der Waals surface area contributed by atoms with Gasteiger partial charge in [-0.3, -0.25) is 0 Å². The average molecular weight is 211 g/mol. The monoisotopic (exact) mass is 211 g/mol. The molecule has 2 aromatic heterocycles. The molecule has 0 aliphatic carbocycles. The van der Waals surface area contributed by atoms with Crippen LogP contribution in [-0.4, -0.2) is 20.2 Å². The fraction of sp³-hybridized carbons (Fsp3) is 0.375. The molecule has 2 rings (SSSR count). The zero-order chi connectivity index (χ0) is 9.97. The molecule has 0 radical (unpaired) electrons. The smallest absolute Gasteiger partial charge is 0.252 e. The van der Waals surface area contributed by atoms with Crippen LogP contribution in [0.1, 0.15) is 22.4 Å². The first-order valence-electron chi connectivity index (χ1n) is 4.11. The van der Waals surface area contributed by atoms with Crippen LogP contribution in [0.5, 0.6) is 0 Å². The minimum absolute atomic E-state index is 0.219. The summed E-state index contributed by atoms with van der Waals surface area (Å²) in [7, 11) is 0. The minimum atomic E-state index is -0.219. The first kappa shape index (κ1) is 9.29. The highest BCUT2D eigenvalue weighted by Gasteiger charge is 2.07. The summed E-state index contributed by atoms with van der Waals surface area (Å²) in [5, 5.41) is 15.4. The summed E-state index contributed by atoms with van der Waals surface area (Å²) in [6.07, 6.45) is 0.549. The van der Waals surface area contributed by atoms with Crippen molar-refractivity contribution in [3.63, 3.8) is 0 Å². The molecule has 0 saturated carbocycles. The molecule has 5 nitrogen and oxygen atoms in total. The summed E-state index contributed by atoms with van der Waals surface area (Å²) in [6.45, 7) is 1.73. The number of aliphatic hydroxyl groups excluding tert-OH is 1. The molecule has 0 aromatic carbocycles. The van der Waals surface area contributed by atoms with E-state index in [9.17, 15) is 0 Å². The van der Waals surface area contributed by atoms with Gasteiger partial charge in [-0.15, -0.1) is 11.3 Å². The van der Waals surface area contributed by atoms with Crippen LogP contribution in [0, 0.1) is 6.92 Å². The van der Waals surface area contributed by atoms with E-state index in [2.05, 4.69) is 15.1 Å². The number of hydrogen-bond donors (Lipinski definition) is 1. The highest BCUT2D eigenvalue weighted by Crippen LogP contribution is 2.11. The molecule has 1 N–H and O–H groups in total. The van der Waals surface area contributed by atoms with Crippen molar-refractivity contribution in [3.05, 3.63) is 27.8 Å². The third kappa shape index (κ3) is 1.97. The molecule has 0 saturated heterocycles. The lowest BCUT2D eigenvalue weighted by atomic mass is 10.3. The highest BCUT2D eigenvalue weighted by atomic mass is 32.1. The van der Waals surface area contributed by atoms with E-state index in [1.54, 1.807) is 11.3 Å². The van der Waals surface area contributed by atoms with Crippen molar-refractivity contribution in [1.82, 2.24) is 15.1 Å². The molecule has 0 unspecified atom stereocenters. The standard InChI is InChI=1S/C8H9N3O2S/c1-5-9-6(4-14-5)2-7-10-8(3-12)13-11-7/h4,12H,2-3H2,1H3. The second-order valence-electron chi connectivity index (χ2n) is 2.80. The van der Waals surface area contributed by atoms with Crippen molar-refractivity contribution in [2.24, 2.45) is 0 Å². The number of aromatic nitrogens is 3. The van der Waals surface area contributed by atoms with Gasteiger partial charge in [-0.05, 0) is 6.92 Å². The third-order valence-corrected chi connectivity index (χ3v) is 2.47. The van der Waals surface area contributed by atoms with Gasteiger partial charge in [0.1, 0.15) is 6.61 Å². The SMILES string of the molecule is Cc1nc(Cc2noc(CO)n2)cs1. The van der Waals surface area contributed by atoms with Gasteiger partial charge in [-0.2, -0.15) is 4.98 Å². The van der Waals surface area contributed by atoms with E-state index in [0.29, 0.717) is 12.2 Å². The number of thiazole rings is 1. The van der Waals surface area contributed by atoms with Crippen LogP contribution in [0.4, 0.5) is 0 Å². The normalized spacial score (nSPS) is 10.7. The van der Waals surface area contributed by atoms with Crippen molar-refractivity contribution in [2.45, 2.75) is 20.0 Å². The fourth-order valence-electron chi connectivity index (χ4n) is 1.08. The molecular weight excluding hydrogens is 202 g/mol. The van der Waals surface area contributed by atoms with Crippen LogP contribution in [0.15, 0.2) is 9.90 Å². The molecule has 14 heavy (non-hydrogen) atoms. The molecule has 2 aromatic rings. The molecule has 6 heteroatoms. The predicted octanol–water partition coefficient (Wildman–Crippen LogP) is 0.918. The largest absolute Gasteiger partial charge is 0.387 e. The van der Waals surface area contributed by atoms with Crippen LogP contribution < -0.4 is 0 Å². The van der Waals surface area contributed by atoms with E-state index < -0.39 is 0 Å². The second-order valence-corrected chi connectivity index (χ2v) is 3.86. The Labute approximate surface area is 84.4 Å². The quantitative estimate of drug-likeness (QED) is 0.817. The van der Waals surface area contributed by atoms with Crippen molar-refractivity contribution in [2.75, 3.05) is 0 Å². The second kappa shape index (κ2) is 3.85. The number of aliphatic hydroxyl groups is 1. The Morgan fingerprint density at radius 3 is 2.93 bits per heavy atom. The maximum atomic E-state index is 8.71. The van der Waals surface area contributed by atoms with Crippen LogP contribution in [-0.2, 0) is 13.0 Å². The van der Waals surface area contributed by atoms with Gasteiger partial charge < -0.3 is 9.63 Å². The molecule has 0 aliphatic rings. The van der Waals surface area contributed by atoms with Crippen molar-refractivity contribution in [1.29, 1.82) is 0 Å². The van der Waals surface area contributed by atoms with E-state index in [1.165, 1.54) is 0 Å². The zero-order valence-corrected chi connectivity index (χ0v) is 8.41. The topological polar surface area (TPSA) is 72.0 Å². The van der Waals surface area contributed by atoms with E-state index in [0.717, 1.165) is 10.7 Å². The maximum absolute atomic E-state index is 8.71. The summed E-state index contributed by atoms with van der Waals surface area (Å²) in [6, 6.07) is 0. The van der Waals surface area contributed by atoms with Crippen LogP contribution in [0.2, 0.25) is 0 Å². The van der Waals surface area contributed by atoms with Crippen molar-refractivity contribution < 1.29 is 9.63 Å². The van der Waals surface area contributed by atoms with E-state index in [4.69, 9.17) is 9.63 Å². The van der Waals surface area contributed by atoms with Gasteiger partial charge in [0, 0.05) is 5.38 Å². The Morgan fingerprint density at radius 1 is 1.50 bits per heavy atom. The number of aryl methyl sites for hydroxylation is 1. The molecule has 0 amide bonds. The first-order chi connectivity index (χ1) is 6.78. The molecular formula is C8H9N3O2S. The van der Waals surface area contributed by atoms with Gasteiger partial charge in [0.15, 0.2) is 5.82 Å². The fourth-order valence-corrected chi connectivity index (χ4v) is 1.69. The van der Waals surface area contributed by atoms with Crippen LogP contribution in [0.3, 0.4) is 0 Å². The minimum Gasteiger partial charge on any atom is -0.387 e. The lowest BCUT2D eigenvalue weighted by Crippen LogP contribution is -1.91. The first-order valence-corrected chi connectivity index (χ1v) is 4.99. The predicted molar refractivity (Wildman–Crippen MR) is 49.9 cm³/mol. The Kier molecular flexibility index (Phi) is 2.55. The number of rotatable bonds is 3. The molecule has 2 heterocycles.